The van der Waals surface area contributed by atoms with Gasteiger partial charge in [-0.2, -0.15) is 0 Å². The second kappa shape index (κ2) is 34.7. The van der Waals surface area contributed by atoms with E-state index in [1.807, 2.05) is 0 Å². The van der Waals surface area contributed by atoms with Crippen LogP contribution in [0.3, 0.4) is 0 Å². The zero-order valence-corrected chi connectivity index (χ0v) is 66.3. The minimum Gasteiger partial charge on any atom is -0.310 e. The smallest absolute Gasteiger partial charge is 0.0973 e. The van der Waals surface area contributed by atoms with Crippen LogP contribution in [0.5, 0.6) is 0 Å². The number of nitrogens with zero attached hydrogens (tertiary/aromatic N) is 4. The van der Waals surface area contributed by atoms with E-state index in [1.54, 1.807) is 0 Å². The van der Waals surface area contributed by atoms with Crippen molar-refractivity contribution in [2.24, 2.45) is 0 Å². The molecule has 3 aliphatic carbocycles. The van der Waals surface area contributed by atoms with Crippen molar-refractivity contribution in [1.29, 1.82) is 0 Å². The number of anilines is 6. The molecule has 11 aromatic rings. The Kier molecular flexibility index (Phi) is 24.4. The molecule has 0 unspecified atom stereocenters. The summed E-state index contributed by atoms with van der Waals surface area (Å²) >= 11 is 4.05. The first kappa shape index (κ1) is 74.5. The fourth-order valence-electron chi connectivity index (χ4n) is 19.3. The molecule has 1 aromatic heterocycles. The molecule has 0 saturated heterocycles. The van der Waals surface area contributed by atoms with Crippen LogP contribution in [-0.4, -0.2) is 9.97 Å². The van der Waals surface area contributed by atoms with Crippen molar-refractivity contribution < 1.29 is 0 Å². The molecule has 0 atom stereocenters. The SMILES string of the molecule is CCCCCCC1(CCCCCC)c2cc(-c3nc4cc5c(cc4nc3-c3ccc4c(c3)C(CCCCCC)(CCCCCC)c3cc(N(c6ccccc6)c6ccccc6)ccc3-4)C(CCCCCC)(CCCCCC)c3cc(Br)ccc3-5)ccc2-c2ccc(N(c3ccccc3)c3ccccc3)cc21. The van der Waals surface area contributed by atoms with Crippen molar-refractivity contribution in [2.75, 3.05) is 9.80 Å². The zero-order chi connectivity index (χ0) is 72.9. The van der Waals surface area contributed by atoms with Crippen molar-refractivity contribution >= 4 is 61.1 Å². The standard InChI is InChI=1S/C101H115BrN4/c1-7-13-19-37-61-99(62-38-20-14-8-2)89-67-74(51-56-83(89)85-59-54-81(70-92(85)99)105(77-43-29-25-30-44-77)78-45-31-26-32-46-78)97-98(104-96-73-94-88(72-95(96)103-97)87-58-53-76(102)69-91(87)101(94,65-41-23-17-11-5)66-42-24-18-12-6)75-52-57-84-86-60-55-82(106(79-47-33-27-34-48-79)80-49-35-28-36-50-80)71-93(86)100(90(84)68-75,63-39-21-15-9-3)64-40-22-16-10-4/h25-36,43-60,67-73H,7-24,37-42,61-66H2,1-6H3. The van der Waals surface area contributed by atoms with Gasteiger partial charge >= 0.3 is 0 Å². The summed E-state index contributed by atoms with van der Waals surface area (Å²) in [6.45, 7) is 14.1. The molecular formula is C101H115BrN4. The molecule has 0 radical (unpaired) electrons. The molecule has 0 spiro atoms. The van der Waals surface area contributed by atoms with E-state index in [2.05, 4.69) is 292 Å². The second-order valence-electron chi connectivity index (χ2n) is 31.6. The third-order valence-corrected chi connectivity index (χ3v) is 25.2. The average molecular weight is 1460 g/mol. The van der Waals surface area contributed by atoms with Crippen molar-refractivity contribution in [1.82, 2.24) is 9.97 Å². The highest BCUT2D eigenvalue weighted by Gasteiger charge is 2.47. The molecule has 0 aliphatic heterocycles. The maximum atomic E-state index is 6.28. The number of para-hydroxylation sites is 4. The van der Waals surface area contributed by atoms with Gasteiger partial charge in [-0.25, -0.2) is 9.97 Å². The van der Waals surface area contributed by atoms with E-state index in [1.165, 1.54) is 255 Å². The van der Waals surface area contributed by atoms with Gasteiger partial charge in [0.05, 0.1) is 22.4 Å². The number of rotatable bonds is 38. The summed E-state index contributed by atoms with van der Waals surface area (Å²) in [5.74, 6) is 0. The van der Waals surface area contributed by atoms with Crippen molar-refractivity contribution in [3.05, 3.63) is 262 Å². The lowest BCUT2D eigenvalue weighted by atomic mass is 9.70. The van der Waals surface area contributed by atoms with Crippen LogP contribution in [0, 0.1) is 0 Å². The number of fused-ring (bicyclic) bond motifs is 10. The molecule has 14 rings (SSSR count). The van der Waals surface area contributed by atoms with Crippen molar-refractivity contribution in [3.63, 3.8) is 0 Å². The Hall–Kier alpha value is -8.38. The Morgan fingerprint density at radius 1 is 0.245 bits per heavy atom. The molecule has 0 bridgehead atoms. The Balaban J connectivity index is 1.01. The van der Waals surface area contributed by atoms with Crippen LogP contribution in [-0.2, 0) is 16.2 Å². The molecule has 5 heteroatoms. The molecule has 4 nitrogen and oxygen atoms in total. The Bertz CT molecular complexity index is 4610. The molecule has 0 amide bonds. The van der Waals surface area contributed by atoms with E-state index in [-0.39, 0.29) is 16.2 Å². The van der Waals surface area contributed by atoms with Crippen LogP contribution in [0.15, 0.2) is 229 Å². The summed E-state index contributed by atoms with van der Waals surface area (Å²) in [6, 6.07) is 86.6. The van der Waals surface area contributed by atoms with Gasteiger partial charge in [-0.3, -0.25) is 0 Å². The highest BCUT2D eigenvalue weighted by atomic mass is 79.9. The molecular weight excluding hydrogens is 1350 g/mol. The fourth-order valence-corrected chi connectivity index (χ4v) is 19.6. The predicted molar refractivity (Wildman–Crippen MR) is 459 cm³/mol. The van der Waals surface area contributed by atoms with Gasteiger partial charge in [0.1, 0.15) is 0 Å². The van der Waals surface area contributed by atoms with Gasteiger partial charge in [0.25, 0.3) is 0 Å². The lowest BCUT2D eigenvalue weighted by Gasteiger charge is -2.34. The van der Waals surface area contributed by atoms with E-state index >= 15 is 0 Å². The number of halogens is 1. The first-order valence-corrected chi connectivity index (χ1v) is 42.6. The van der Waals surface area contributed by atoms with Crippen LogP contribution in [0.25, 0.3) is 66.9 Å². The first-order chi connectivity index (χ1) is 52.2. The molecule has 3 aliphatic rings. The monoisotopic (exact) mass is 1460 g/mol. The van der Waals surface area contributed by atoms with Crippen LogP contribution < -0.4 is 9.80 Å². The lowest BCUT2D eigenvalue weighted by Crippen LogP contribution is -2.26. The zero-order valence-electron chi connectivity index (χ0n) is 64.7. The highest BCUT2D eigenvalue weighted by Crippen LogP contribution is 2.61. The van der Waals surface area contributed by atoms with Gasteiger partial charge in [-0.15, -0.1) is 0 Å². The van der Waals surface area contributed by atoms with Gasteiger partial charge < -0.3 is 9.80 Å². The molecule has 546 valence electrons. The van der Waals surface area contributed by atoms with Crippen LogP contribution >= 0.6 is 15.9 Å². The number of aromatic nitrogens is 2. The third kappa shape index (κ3) is 15.0. The number of unbranched alkanes of at least 4 members (excludes halogenated alkanes) is 18. The lowest BCUT2D eigenvalue weighted by molar-refractivity contribution is 0.401. The van der Waals surface area contributed by atoms with Gasteiger partial charge in [0.15, 0.2) is 0 Å². The molecule has 0 fully saturated rings. The fraction of sp³-hybridized carbons (Fsp3) is 0.386. The third-order valence-electron chi connectivity index (χ3n) is 24.7. The summed E-state index contributed by atoms with van der Waals surface area (Å²) in [5.41, 5.74) is 29.8. The van der Waals surface area contributed by atoms with Crippen LogP contribution in [0.2, 0.25) is 0 Å². The largest absolute Gasteiger partial charge is 0.310 e. The quantitative estimate of drug-likeness (QED) is 0.0361. The van der Waals surface area contributed by atoms with Gasteiger partial charge in [0, 0.05) is 66.0 Å². The maximum Gasteiger partial charge on any atom is 0.0973 e. The van der Waals surface area contributed by atoms with E-state index in [4.69, 9.17) is 9.97 Å². The van der Waals surface area contributed by atoms with Crippen molar-refractivity contribution in [3.8, 4) is 55.9 Å². The van der Waals surface area contributed by atoms with Gasteiger partial charge in [0.2, 0.25) is 0 Å². The summed E-state index contributed by atoms with van der Waals surface area (Å²) in [4.78, 5) is 17.5. The molecule has 106 heavy (non-hydrogen) atoms. The summed E-state index contributed by atoms with van der Waals surface area (Å²) in [7, 11) is 0. The topological polar surface area (TPSA) is 32.3 Å². The number of hydrogen-bond acceptors (Lipinski definition) is 4. The van der Waals surface area contributed by atoms with Crippen LogP contribution in [0.1, 0.15) is 268 Å². The minimum absolute atomic E-state index is 0.125. The minimum atomic E-state index is -0.221. The highest BCUT2D eigenvalue weighted by molar-refractivity contribution is 9.10. The molecule has 0 saturated carbocycles. The predicted octanol–water partition coefficient (Wildman–Crippen LogP) is 31.3. The Labute approximate surface area is 645 Å². The summed E-state index contributed by atoms with van der Waals surface area (Å²) < 4.78 is 1.16. The maximum absolute atomic E-state index is 6.28. The molecule has 10 aromatic carbocycles. The molecule has 0 N–H and O–H groups in total. The van der Waals surface area contributed by atoms with Crippen molar-refractivity contribution in [2.45, 2.75) is 250 Å². The van der Waals surface area contributed by atoms with Gasteiger partial charge in [-0.1, -0.05) is 327 Å². The second-order valence-corrected chi connectivity index (χ2v) is 32.5. The molecule has 1 heterocycles. The normalized spacial score (nSPS) is 13.8. The number of hydrogen-bond donors (Lipinski definition) is 0. The Morgan fingerprint density at radius 2 is 0.519 bits per heavy atom. The Morgan fingerprint density at radius 3 is 0.849 bits per heavy atom. The van der Waals surface area contributed by atoms with E-state index in [0.717, 1.165) is 76.5 Å². The summed E-state index contributed by atoms with van der Waals surface area (Å²) in [6.07, 6.45) is 35.9. The first-order valence-electron chi connectivity index (χ1n) is 41.8. The van der Waals surface area contributed by atoms with E-state index in [0.29, 0.717) is 0 Å². The van der Waals surface area contributed by atoms with Crippen LogP contribution in [0.4, 0.5) is 34.1 Å². The van der Waals surface area contributed by atoms with E-state index < -0.39 is 0 Å². The van der Waals surface area contributed by atoms with E-state index in [9.17, 15) is 0 Å². The summed E-state index contributed by atoms with van der Waals surface area (Å²) in [5, 5.41) is 0. The average Bonchev–Trinajstić information content (AvgIpc) is 1.56. The number of benzene rings is 10. The van der Waals surface area contributed by atoms with Gasteiger partial charge in [-0.05, 0) is 214 Å².